The van der Waals surface area contributed by atoms with Gasteiger partial charge in [0.25, 0.3) is 0 Å². The molecule has 0 aliphatic heterocycles. The Labute approximate surface area is 113 Å². The fraction of sp³-hybridized carbons (Fsp3) is 0. The predicted octanol–water partition coefficient (Wildman–Crippen LogP) is 3.87. The van der Waals surface area contributed by atoms with E-state index in [4.69, 9.17) is 10.3 Å². The van der Waals surface area contributed by atoms with E-state index in [1.165, 1.54) is 18.2 Å². The first-order valence-corrected chi connectivity index (χ1v) is 5.93. The lowest BCUT2D eigenvalue weighted by Crippen LogP contribution is -1.90. The van der Waals surface area contributed by atoms with Crippen LogP contribution in [0.25, 0.3) is 22.5 Å². The van der Waals surface area contributed by atoms with Crippen molar-refractivity contribution in [2.75, 3.05) is 5.73 Å². The lowest BCUT2D eigenvalue weighted by atomic mass is 10.0. The zero-order chi connectivity index (χ0) is 14.1. The summed E-state index contributed by atoms with van der Waals surface area (Å²) in [4.78, 5) is 0. The van der Waals surface area contributed by atoms with Crippen LogP contribution in [0.5, 0.6) is 0 Å². The molecule has 0 amide bonds. The summed E-state index contributed by atoms with van der Waals surface area (Å²) in [6.45, 7) is 0. The summed E-state index contributed by atoms with van der Waals surface area (Å²) in [6, 6.07) is 11.8. The molecule has 3 aromatic rings. The maximum atomic E-state index is 13.9. The summed E-state index contributed by atoms with van der Waals surface area (Å²) in [5.41, 5.74) is 7.11. The van der Waals surface area contributed by atoms with E-state index in [1.54, 1.807) is 30.3 Å². The largest absolute Gasteiger partial charge is 0.380 e. The lowest BCUT2D eigenvalue weighted by Gasteiger charge is -2.03. The highest BCUT2D eigenvalue weighted by Gasteiger charge is 2.19. The molecule has 0 spiro atoms. The van der Waals surface area contributed by atoms with Crippen LogP contribution in [0, 0.1) is 11.6 Å². The Morgan fingerprint density at radius 1 is 0.950 bits per heavy atom. The van der Waals surface area contributed by atoms with E-state index in [0.717, 1.165) is 0 Å². The predicted molar refractivity (Wildman–Crippen MR) is 71.7 cm³/mol. The Bertz CT molecular complexity index is 751. The molecule has 100 valence electrons. The molecule has 0 bridgehead atoms. The third kappa shape index (κ3) is 2.03. The molecule has 2 N–H and O–H groups in total. The van der Waals surface area contributed by atoms with Crippen LogP contribution in [-0.4, -0.2) is 5.16 Å². The fourth-order valence-electron chi connectivity index (χ4n) is 2.03. The van der Waals surface area contributed by atoms with Crippen LogP contribution in [0.3, 0.4) is 0 Å². The first-order valence-electron chi connectivity index (χ1n) is 5.93. The minimum Gasteiger partial charge on any atom is -0.380 e. The first-order chi connectivity index (χ1) is 9.66. The summed E-state index contributed by atoms with van der Waals surface area (Å²) in [7, 11) is 0. The molecule has 0 unspecified atom stereocenters. The van der Waals surface area contributed by atoms with Crippen molar-refractivity contribution in [1.82, 2.24) is 5.16 Å². The van der Waals surface area contributed by atoms with Gasteiger partial charge in [-0.2, -0.15) is 0 Å². The zero-order valence-electron chi connectivity index (χ0n) is 10.3. The minimum atomic E-state index is -0.438. The minimum absolute atomic E-state index is 0.134. The van der Waals surface area contributed by atoms with Crippen molar-refractivity contribution >= 4 is 5.82 Å². The molecule has 0 radical (unpaired) electrons. The number of aromatic nitrogens is 1. The summed E-state index contributed by atoms with van der Waals surface area (Å²) in [5, 5.41) is 3.68. The normalized spacial score (nSPS) is 10.7. The third-order valence-corrected chi connectivity index (χ3v) is 2.97. The highest BCUT2D eigenvalue weighted by atomic mass is 19.1. The summed E-state index contributed by atoms with van der Waals surface area (Å²) in [5.74, 6) is -0.440. The SMILES string of the molecule is Nc1noc(-c2ccccc2F)c1-c1ccc(F)cc1. The van der Waals surface area contributed by atoms with Crippen LogP contribution in [0.2, 0.25) is 0 Å². The number of nitrogens with two attached hydrogens (primary N) is 1. The molecule has 0 saturated carbocycles. The molecule has 0 aliphatic rings. The van der Waals surface area contributed by atoms with E-state index in [2.05, 4.69) is 5.16 Å². The van der Waals surface area contributed by atoms with E-state index >= 15 is 0 Å². The van der Waals surface area contributed by atoms with Gasteiger partial charge in [-0.15, -0.1) is 0 Å². The molecule has 2 aromatic carbocycles. The Morgan fingerprint density at radius 2 is 1.65 bits per heavy atom. The molecular weight excluding hydrogens is 262 g/mol. The number of nitrogen functional groups attached to an aromatic ring is 1. The second-order valence-corrected chi connectivity index (χ2v) is 4.26. The van der Waals surface area contributed by atoms with Gasteiger partial charge in [0.15, 0.2) is 11.6 Å². The van der Waals surface area contributed by atoms with Crippen molar-refractivity contribution in [3.8, 4) is 22.5 Å². The highest BCUT2D eigenvalue weighted by molar-refractivity contribution is 5.86. The van der Waals surface area contributed by atoms with E-state index in [0.29, 0.717) is 11.1 Å². The Morgan fingerprint density at radius 3 is 2.35 bits per heavy atom. The fourth-order valence-corrected chi connectivity index (χ4v) is 2.03. The lowest BCUT2D eigenvalue weighted by molar-refractivity contribution is 0.433. The number of benzene rings is 2. The Kier molecular flexibility index (Phi) is 2.95. The van der Waals surface area contributed by atoms with Crippen LogP contribution >= 0.6 is 0 Å². The van der Waals surface area contributed by atoms with Gasteiger partial charge in [0, 0.05) is 0 Å². The van der Waals surface area contributed by atoms with Crippen LogP contribution in [0.15, 0.2) is 53.1 Å². The molecule has 0 aliphatic carbocycles. The molecule has 0 fully saturated rings. The summed E-state index contributed by atoms with van der Waals surface area (Å²) >= 11 is 0. The molecule has 0 saturated heterocycles. The van der Waals surface area contributed by atoms with E-state index in [9.17, 15) is 8.78 Å². The maximum absolute atomic E-state index is 13.9. The van der Waals surface area contributed by atoms with E-state index < -0.39 is 5.82 Å². The van der Waals surface area contributed by atoms with Crippen molar-refractivity contribution in [1.29, 1.82) is 0 Å². The second kappa shape index (κ2) is 4.77. The average Bonchev–Trinajstić information content (AvgIpc) is 2.82. The molecule has 1 heterocycles. The summed E-state index contributed by atoms with van der Waals surface area (Å²) < 4.78 is 32.0. The standard InChI is InChI=1S/C15H10F2N2O/c16-10-7-5-9(6-8-10)13-14(20-19-15(13)18)11-3-1-2-4-12(11)17/h1-8H,(H2,18,19). The second-order valence-electron chi connectivity index (χ2n) is 4.26. The van der Waals surface area contributed by atoms with Gasteiger partial charge in [-0.05, 0) is 29.8 Å². The third-order valence-electron chi connectivity index (χ3n) is 2.97. The van der Waals surface area contributed by atoms with Crippen LogP contribution in [0.1, 0.15) is 0 Å². The van der Waals surface area contributed by atoms with Gasteiger partial charge in [-0.3, -0.25) is 0 Å². The van der Waals surface area contributed by atoms with Gasteiger partial charge in [-0.25, -0.2) is 8.78 Å². The number of halogens is 2. The summed E-state index contributed by atoms with van der Waals surface area (Å²) in [6.07, 6.45) is 0. The van der Waals surface area contributed by atoms with Gasteiger partial charge in [0.05, 0.1) is 11.1 Å². The Balaban J connectivity index is 2.20. The van der Waals surface area contributed by atoms with Gasteiger partial charge in [-0.1, -0.05) is 29.4 Å². The van der Waals surface area contributed by atoms with Gasteiger partial charge in [0.2, 0.25) is 0 Å². The van der Waals surface area contributed by atoms with Gasteiger partial charge >= 0.3 is 0 Å². The molecule has 3 rings (SSSR count). The molecule has 20 heavy (non-hydrogen) atoms. The smallest absolute Gasteiger partial charge is 0.179 e. The van der Waals surface area contributed by atoms with E-state index in [-0.39, 0.29) is 23.0 Å². The van der Waals surface area contributed by atoms with Crippen molar-refractivity contribution < 1.29 is 13.3 Å². The topological polar surface area (TPSA) is 52.0 Å². The quantitative estimate of drug-likeness (QED) is 0.770. The Hall–Kier alpha value is -2.69. The zero-order valence-corrected chi connectivity index (χ0v) is 10.3. The molecule has 0 atom stereocenters. The highest BCUT2D eigenvalue weighted by Crippen LogP contribution is 2.37. The number of anilines is 1. The average molecular weight is 272 g/mol. The van der Waals surface area contributed by atoms with Crippen molar-refractivity contribution in [2.24, 2.45) is 0 Å². The molecule has 1 aromatic heterocycles. The number of hydrogen-bond acceptors (Lipinski definition) is 3. The van der Waals surface area contributed by atoms with E-state index in [1.807, 2.05) is 0 Å². The number of nitrogens with zero attached hydrogens (tertiary/aromatic N) is 1. The van der Waals surface area contributed by atoms with Crippen LogP contribution < -0.4 is 5.73 Å². The molecular formula is C15H10F2N2O. The van der Waals surface area contributed by atoms with Crippen molar-refractivity contribution in [3.05, 3.63) is 60.2 Å². The number of rotatable bonds is 2. The van der Waals surface area contributed by atoms with Crippen LogP contribution in [-0.2, 0) is 0 Å². The van der Waals surface area contributed by atoms with Gasteiger partial charge in [0.1, 0.15) is 11.6 Å². The van der Waals surface area contributed by atoms with Crippen molar-refractivity contribution in [3.63, 3.8) is 0 Å². The van der Waals surface area contributed by atoms with Gasteiger partial charge < -0.3 is 10.3 Å². The number of hydrogen-bond donors (Lipinski definition) is 1. The molecule has 3 nitrogen and oxygen atoms in total. The first kappa shape index (κ1) is 12.3. The molecule has 5 heteroatoms. The maximum Gasteiger partial charge on any atom is 0.179 e. The monoisotopic (exact) mass is 272 g/mol. The van der Waals surface area contributed by atoms with Crippen molar-refractivity contribution in [2.45, 2.75) is 0 Å². The van der Waals surface area contributed by atoms with Crippen LogP contribution in [0.4, 0.5) is 14.6 Å².